The molecule has 0 unspecified atom stereocenters. The molecular weight excluding hydrogens is 228 g/mol. The SMILES string of the molecule is CCCC(=O)N1Cc2ccnn2[C@H](CN(C)C)C1. The fourth-order valence-corrected chi connectivity index (χ4v) is 2.51. The molecule has 1 aromatic heterocycles. The molecule has 1 aliphatic rings. The Morgan fingerprint density at radius 3 is 3.00 bits per heavy atom. The maximum atomic E-state index is 12.0. The molecule has 18 heavy (non-hydrogen) atoms. The van der Waals surface area contributed by atoms with Crippen LogP contribution in [0.25, 0.3) is 0 Å². The number of rotatable bonds is 4. The second-order valence-electron chi connectivity index (χ2n) is 5.21. The third kappa shape index (κ3) is 2.72. The van der Waals surface area contributed by atoms with Crippen molar-refractivity contribution in [1.82, 2.24) is 19.6 Å². The summed E-state index contributed by atoms with van der Waals surface area (Å²) in [5.74, 6) is 0.258. The van der Waals surface area contributed by atoms with Crippen LogP contribution in [0.2, 0.25) is 0 Å². The number of carbonyl (C=O) groups excluding carboxylic acids is 1. The first-order chi connectivity index (χ1) is 8.61. The van der Waals surface area contributed by atoms with E-state index in [0.29, 0.717) is 13.0 Å². The average molecular weight is 250 g/mol. The van der Waals surface area contributed by atoms with E-state index in [-0.39, 0.29) is 11.9 Å². The van der Waals surface area contributed by atoms with Crippen LogP contribution in [0.15, 0.2) is 12.3 Å². The second-order valence-corrected chi connectivity index (χ2v) is 5.21. The van der Waals surface area contributed by atoms with Gasteiger partial charge in [0.15, 0.2) is 0 Å². The average Bonchev–Trinajstić information content (AvgIpc) is 2.76. The van der Waals surface area contributed by atoms with Crippen molar-refractivity contribution < 1.29 is 4.79 Å². The number of carbonyl (C=O) groups is 1. The van der Waals surface area contributed by atoms with Crippen molar-refractivity contribution >= 4 is 5.91 Å². The summed E-state index contributed by atoms with van der Waals surface area (Å²) in [6.45, 7) is 4.42. The van der Waals surface area contributed by atoms with Gasteiger partial charge in [0.1, 0.15) is 0 Å². The minimum absolute atomic E-state index is 0.258. The predicted octanol–water partition coefficient (Wildman–Crippen LogP) is 1.13. The van der Waals surface area contributed by atoms with Crippen LogP contribution < -0.4 is 0 Å². The zero-order valence-electron chi connectivity index (χ0n) is 11.5. The number of hydrogen-bond donors (Lipinski definition) is 0. The summed E-state index contributed by atoms with van der Waals surface area (Å²) >= 11 is 0. The molecule has 0 spiro atoms. The summed E-state index contributed by atoms with van der Waals surface area (Å²) in [7, 11) is 4.10. The van der Waals surface area contributed by atoms with Crippen molar-refractivity contribution in [3.63, 3.8) is 0 Å². The van der Waals surface area contributed by atoms with Crippen LogP contribution in [0.5, 0.6) is 0 Å². The van der Waals surface area contributed by atoms with Gasteiger partial charge in [0.2, 0.25) is 5.91 Å². The van der Waals surface area contributed by atoms with E-state index in [1.807, 2.05) is 24.1 Å². The third-order valence-electron chi connectivity index (χ3n) is 3.27. The lowest BCUT2D eigenvalue weighted by atomic mass is 10.1. The molecule has 0 fully saturated rings. The molecule has 5 nitrogen and oxygen atoms in total. The van der Waals surface area contributed by atoms with Gasteiger partial charge in [-0.15, -0.1) is 0 Å². The third-order valence-corrected chi connectivity index (χ3v) is 3.27. The summed E-state index contributed by atoms with van der Waals surface area (Å²) in [5.41, 5.74) is 1.14. The van der Waals surface area contributed by atoms with Crippen LogP contribution in [0.4, 0.5) is 0 Å². The van der Waals surface area contributed by atoms with Gasteiger partial charge in [0.25, 0.3) is 0 Å². The molecule has 0 aromatic carbocycles. The highest BCUT2D eigenvalue weighted by Gasteiger charge is 2.28. The molecule has 1 aromatic rings. The first kappa shape index (κ1) is 13.1. The largest absolute Gasteiger partial charge is 0.335 e. The van der Waals surface area contributed by atoms with Crippen LogP contribution in [0.3, 0.4) is 0 Å². The monoisotopic (exact) mass is 250 g/mol. The van der Waals surface area contributed by atoms with E-state index in [1.54, 1.807) is 0 Å². The standard InChI is InChI=1S/C13H22N4O/c1-4-5-13(18)16-9-11-6-7-14-17(11)12(10-16)8-15(2)3/h6-7,12H,4-5,8-10H2,1-3H3/t12-/m1/s1. The fraction of sp³-hybridized carbons (Fsp3) is 0.692. The van der Waals surface area contributed by atoms with Gasteiger partial charge >= 0.3 is 0 Å². The van der Waals surface area contributed by atoms with Gasteiger partial charge < -0.3 is 9.80 Å². The van der Waals surface area contributed by atoms with Crippen molar-refractivity contribution in [3.05, 3.63) is 18.0 Å². The predicted molar refractivity (Wildman–Crippen MR) is 70.1 cm³/mol. The molecule has 0 N–H and O–H groups in total. The number of fused-ring (bicyclic) bond motifs is 1. The highest BCUT2D eigenvalue weighted by atomic mass is 16.2. The smallest absolute Gasteiger partial charge is 0.222 e. The Morgan fingerprint density at radius 1 is 1.56 bits per heavy atom. The Kier molecular flexibility index (Phi) is 4.01. The second kappa shape index (κ2) is 5.52. The molecule has 100 valence electrons. The summed E-state index contributed by atoms with van der Waals surface area (Å²) in [5, 5.41) is 4.38. The fourth-order valence-electron chi connectivity index (χ4n) is 2.51. The number of nitrogens with zero attached hydrogens (tertiary/aromatic N) is 4. The zero-order valence-corrected chi connectivity index (χ0v) is 11.5. The summed E-state index contributed by atoms with van der Waals surface area (Å²) in [6, 6.07) is 2.27. The molecule has 1 aliphatic heterocycles. The first-order valence-corrected chi connectivity index (χ1v) is 6.56. The summed E-state index contributed by atoms with van der Waals surface area (Å²) in [6.07, 6.45) is 3.38. The van der Waals surface area contributed by atoms with Gasteiger partial charge in [-0.25, -0.2) is 0 Å². The topological polar surface area (TPSA) is 41.4 Å². The number of aromatic nitrogens is 2. The van der Waals surface area contributed by atoms with E-state index in [4.69, 9.17) is 0 Å². The van der Waals surface area contributed by atoms with Crippen molar-refractivity contribution in [2.45, 2.75) is 32.4 Å². The Morgan fingerprint density at radius 2 is 2.33 bits per heavy atom. The molecular formula is C13H22N4O. The van der Waals surface area contributed by atoms with Crippen molar-refractivity contribution in [2.75, 3.05) is 27.2 Å². The Hall–Kier alpha value is -1.36. The van der Waals surface area contributed by atoms with Gasteiger partial charge in [-0.05, 0) is 26.6 Å². The van der Waals surface area contributed by atoms with Crippen molar-refractivity contribution in [1.29, 1.82) is 0 Å². The van der Waals surface area contributed by atoms with Crippen LogP contribution in [0.1, 0.15) is 31.5 Å². The first-order valence-electron chi connectivity index (χ1n) is 6.56. The van der Waals surface area contributed by atoms with E-state index in [2.05, 4.69) is 28.8 Å². The Balaban J connectivity index is 2.14. The summed E-state index contributed by atoms with van der Waals surface area (Å²) in [4.78, 5) is 16.2. The normalized spacial score (nSPS) is 19.1. The van der Waals surface area contributed by atoms with Crippen molar-refractivity contribution in [2.24, 2.45) is 0 Å². The van der Waals surface area contributed by atoms with E-state index in [9.17, 15) is 4.79 Å². The quantitative estimate of drug-likeness (QED) is 0.804. The minimum Gasteiger partial charge on any atom is -0.335 e. The number of hydrogen-bond acceptors (Lipinski definition) is 3. The van der Waals surface area contributed by atoms with Gasteiger partial charge in [-0.1, -0.05) is 6.92 Å². The molecule has 0 radical (unpaired) electrons. The van der Waals surface area contributed by atoms with E-state index >= 15 is 0 Å². The molecule has 1 atom stereocenters. The minimum atomic E-state index is 0.258. The van der Waals surface area contributed by atoms with Crippen LogP contribution in [0, 0.1) is 0 Å². The highest BCUT2D eigenvalue weighted by molar-refractivity contribution is 5.76. The summed E-state index contributed by atoms with van der Waals surface area (Å²) < 4.78 is 2.07. The lowest BCUT2D eigenvalue weighted by Crippen LogP contribution is -2.44. The molecule has 1 amide bonds. The molecule has 0 bridgehead atoms. The molecule has 2 rings (SSSR count). The molecule has 2 heterocycles. The zero-order chi connectivity index (χ0) is 13.1. The van der Waals surface area contributed by atoms with E-state index in [0.717, 1.165) is 25.2 Å². The van der Waals surface area contributed by atoms with Gasteiger partial charge in [0.05, 0.1) is 18.3 Å². The maximum Gasteiger partial charge on any atom is 0.222 e. The van der Waals surface area contributed by atoms with Crippen LogP contribution in [-0.4, -0.2) is 52.7 Å². The Bertz CT molecular complexity index is 413. The maximum absolute atomic E-state index is 12.0. The van der Waals surface area contributed by atoms with Crippen molar-refractivity contribution in [3.8, 4) is 0 Å². The van der Waals surface area contributed by atoms with Crippen LogP contribution in [-0.2, 0) is 11.3 Å². The molecule has 0 saturated heterocycles. The van der Waals surface area contributed by atoms with Gasteiger partial charge in [-0.2, -0.15) is 5.10 Å². The number of amides is 1. The molecule has 0 aliphatic carbocycles. The molecule has 0 saturated carbocycles. The van der Waals surface area contributed by atoms with Gasteiger partial charge in [0, 0.05) is 25.7 Å². The number of likely N-dealkylation sites (N-methyl/N-ethyl adjacent to an activating group) is 1. The Labute approximate surface area is 108 Å². The van der Waals surface area contributed by atoms with Crippen LogP contribution >= 0.6 is 0 Å². The van der Waals surface area contributed by atoms with E-state index in [1.165, 1.54) is 0 Å². The van der Waals surface area contributed by atoms with E-state index < -0.39 is 0 Å². The molecule has 5 heteroatoms. The van der Waals surface area contributed by atoms with Gasteiger partial charge in [-0.3, -0.25) is 9.48 Å². The highest BCUT2D eigenvalue weighted by Crippen LogP contribution is 2.21. The lowest BCUT2D eigenvalue weighted by molar-refractivity contribution is -0.133. The lowest BCUT2D eigenvalue weighted by Gasteiger charge is -2.35.